The van der Waals surface area contributed by atoms with Crippen molar-refractivity contribution in [3.63, 3.8) is 0 Å². The highest BCUT2D eigenvalue weighted by atomic mass is 19.1. The van der Waals surface area contributed by atoms with Gasteiger partial charge in [-0.15, -0.1) is 0 Å². The van der Waals surface area contributed by atoms with Gasteiger partial charge in [0, 0.05) is 0 Å². The summed E-state index contributed by atoms with van der Waals surface area (Å²) >= 11 is 0. The number of hydrogen-bond acceptors (Lipinski definition) is 2. The van der Waals surface area contributed by atoms with Crippen LogP contribution in [-0.2, 0) is 4.74 Å². The van der Waals surface area contributed by atoms with Crippen molar-refractivity contribution in [3.05, 3.63) is 0 Å². The molecule has 0 aliphatic carbocycles. The molecule has 0 aromatic heterocycles. The summed E-state index contributed by atoms with van der Waals surface area (Å²) in [6.07, 6.45) is 0. The second-order valence-electron chi connectivity index (χ2n) is 0.741. The van der Waals surface area contributed by atoms with Crippen LogP contribution >= 0.6 is 0 Å². The van der Waals surface area contributed by atoms with Crippen molar-refractivity contribution in [1.29, 1.82) is 0 Å². The summed E-state index contributed by atoms with van der Waals surface area (Å²) in [4.78, 5) is 0. The molecule has 0 aliphatic rings. The Hall–Kier alpha value is -0.150. The molecule has 6 heavy (non-hydrogen) atoms. The zero-order valence-electron chi connectivity index (χ0n) is 3.35. The van der Waals surface area contributed by atoms with Gasteiger partial charge in [0.05, 0.1) is 13.2 Å². The van der Waals surface area contributed by atoms with E-state index in [1.807, 2.05) is 0 Å². The summed E-state index contributed by atoms with van der Waals surface area (Å²) in [5, 5.41) is 7.91. The van der Waals surface area contributed by atoms with Crippen LogP contribution in [-0.4, -0.2) is 25.2 Å². The van der Waals surface area contributed by atoms with Gasteiger partial charge in [0.25, 0.3) is 0 Å². The van der Waals surface area contributed by atoms with Crippen LogP contribution in [0.2, 0.25) is 0 Å². The van der Waals surface area contributed by atoms with E-state index >= 15 is 0 Å². The van der Waals surface area contributed by atoms with Crippen LogP contribution in [0, 0.1) is 0 Å². The fourth-order valence-electron chi connectivity index (χ4n) is 0.119. The van der Waals surface area contributed by atoms with Crippen molar-refractivity contribution < 1.29 is 14.2 Å². The summed E-state index contributed by atoms with van der Waals surface area (Å²) in [6.45, 7) is -0.818. The third-order valence-electron chi connectivity index (χ3n) is 0.313. The Morgan fingerprint density at radius 2 is 2.33 bits per heavy atom. The molecule has 0 radical (unpaired) electrons. The molecule has 0 aromatic rings. The van der Waals surface area contributed by atoms with Gasteiger partial charge in [0.1, 0.15) is 0 Å². The Bertz CT molecular complexity index is 20.8. The smallest absolute Gasteiger partial charge is 0.188 e. The lowest BCUT2D eigenvalue weighted by atomic mass is 10.8. The molecular weight excluding hydrogens is 87.0 g/mol. The molecule has 0 saturated heterocycles. The molecule has 0 aromatic carbocycles. The van der Waals surface area contributed by atoms with E-state index in [2.05, 4.69) is 4.74 Å². The number of hydrogen-bond donors (Lipinski definition) is 1. The topological polar surface area (TPSA) is 29.5 Å². The fourth-order valence-corrected chi connectivity index (χ4v) is 0.119. The normalized spacial score (nSPS) is 9.00. The highest BCUT2D eigenvalue weighted by Gasteiger charge is 1.76. The maximum atomic E-state index is 10.8. The minimum absolute atomic E-state index is 0.0938. The molecule has 38 valence electrons. The fraction of sp³-hybridized carbons (Fsp3) is 1.00. The lowest BCUT2D eigenvalue weighted by Gasteiger charge is -1.88. The number of ether oxygens (including phenoxy) is 1. The quantitative estimate of drug-likeness (QED) is 0.496. The van der Waals surface area contributed by atoms with E-state index < -0.39 is 6.86 Å². The molecular formula is C3H7FO2. The van der Waals surface area contributed by atoms with Crippen molar-refractivity contribution in [2.75, 3.05) is 20.1 Å². The second kappa shape index (κ2) is 4.85. The number of aliphatic hydroxyl groups is 1. The summed E-state index contributed by atoms with van der Waals surface area (Å²) in [7, 11) is 0. The molecule has 0 unspecified atom stereocenters. The second-order valence-corrected chi connectivity index (χ2v) is 0.741. The minimum atomic E-state index is -0.805. The molecule has 0 rings (SSSR count). The van der Waals surface area contributed by atoms with E-state index in [9.17, 15) is 4.39 Å². The maximum Gasteiger partial charge on any atom is 0.188 e. The van der Waals surface area contributed by atoms with Crippen LogP contribution in [0.1, 0.15) is 0 Å². The van der Waals surface area contributed by atoms with Crippen molar-refractivity contribution in [1.82, 2.24) is 0 Å². The summed E-state index contributed by atoms with van der Waals surface area (Å²) in [6, 6.07) is 0. The Morgan fingerprint density at radius 1 is 1.67 bits per heavy atom. The van der Waals surface area contributed by atoms with Gasteiger partial charge in [-0.2, -0.15) is 0 Å². The van der Waals surface area contributed by atoms with Gasteiger partial charge in [0.15, 0.2) is 6.86 Å². The Morgan fingerprint density at radius 3 is 2.50 bits per heavy atom. The molecule has 3 heteroatoms. The third-order valence-corrected chi connectivity index (χ3v) is 0.313. The minimum Gasteiger partial charge on any atom is -0.394 e. The van der Waals surface area contributed by atoms with Crippen molar-refractivity contribution >= 4 is 0 Å². The van der Waals surface area contributed by atoms with Gasteiger partial charge >= 0.3 is 0 Å². The molecule has 0 amide bonds. The summed E-state index contributed by atoms with van der Waals surface area (Å²) < 4.78 is 14.9. The van der Waals surface area contributed by atoms with Crippen LogP contribution in [0.3, 0.4) is 0 Å². The van der Waals surface area contributed by atoms with Gasteiger partial charge in [-0.05, 0) is 0 Å². The largest absolute Gasteiger partial charge is 0.394 e. The Kier molecular flexibility index (Phi) is 4.73. The van der Waals surface area contributed by atoms with Gasteiger partial charge in [-0.1, -0.05) is 0 Å². The van der Waals surface area contributed by atoms with Crippen LogP contribution in [0.15, 0.2) is 0 Å². The molecule has 0 atom stereocenters. The van der Waals surface area contributed by atoms with E-state index in [-0.39, 0.29) is 13.2 Å². The average Bonchev–Trinajstić information content (AvgIpc) is 1.61. The third kappa shape index (κ3) is 3.85. The van der Waals surface area contributed by atoms with Gasteiger partial charge in [0.2, 0.25) is 0 Å². The van der Waals surface area contributed by atoms with Crippen molar-refractivity contribution in [2.45, 2.75) is 0 Å². The first-order valence-electron chi connectivity index (χ1n) is 1.66. The lowest BCUT2D eigenvalue weighted by Crippen LogP contribution is -1.95. The first-order chi connectivity index (χ1) is 2.91. The molecule has 0 heterocycles. The summed E-state index contributed by atoms with van der Waals surface area (Å²) in [5.74, 6) is 0. The zero-order chi connectivity index (χ0) is 4.83. The number of aliphatic hydroxyl groups excluding tert-OH is 1. The standard InChI is InChI=1S/C3H7FO2/c4-3-6-2-1-5/h5H,1-3H2. The molecule has 0 aliphatic heterocycles. The average molecular weight is 94.1 g/mol. The zero-order valence-corrected chi connectivity index (χ0v) is 3.35. The maximum absolute atomic E-state index is 10.8. The van der Waals surface area contributed by atoms with E-state index in [1.54, 1.807) is 0 Å². The molecule has 2 nitrogen and oxygen atoms in total. The van der Waals surface area contributed by atoms with E-state index in [4.69, 9.17) is 5.11 Å². The Balaban J connectivity index is 2.34. The van der Waals surface area contributed by atoms with Crippen molar-refractivity contribution in [3.8, 4) is 0 Å². The number of halogens is 1. The molecule has 0 bridgehead atoms. The summed E-state index contributed by atoms with van der Waals surface area (Å²) in [5.41, 5.74) is 0. The first kappa shape index (κ1) is 5.85. The lowest BCUT2D eigenvalue weighted by molar-refractivity contribution is 0.0343. The number of rotatable bonds is 3. The highest BCUT2D eigenvalue weighted by molar-refractivity contribution is 4.15. The highest BCUT2D eigenvalue weighted by Crippen LogP contribution is 1.69. The predicted octanol–water partition coefficient (Wildman–Crippen LogP) is -0.0777. The van der Waals surface area contributed by atoms with Gasteiger partial charge < -0.3 is 9.84 Å². The van der Waals surface area contributed by atoms with Crippen LogP contribution in [0.4, 0.5) is 4.39 Å². The van der Waals surface area contributed by atoms with Gasteiger partial charge in [-0.25, -0.2) is 4.39 Å². The first-order valence-corrected chi connectivity index (χ1v) is 1.66. The monoisotopic (exact) mass is 94.0 g/mol. The van der Waals surface area contributed by atoms with E-state index in [0.717, 1.165) is 0 Å². The van der Waals surface area contributed by atoms with Crippen LogP contribution in [0.25, 0.3) is 0 Å². The number of alkyl halides is 1. The van der Waals surface area contributed by atoms with Crippen molar-refractivity contribution in [2.24, 2.45) is 0 Å². The van der Waals surface area contributed by atoms with E-state index in [1.165, 1.54) is 0 Å². The SMILES string of the molecule is OCCOCF. The Labute approximate surface area is 35.5 Å². The molecule has 1 N–H and O–H groups in total. The predicted molar refractivity (Wildman–Crippen MR) is 19.0 cm³/mol. The molecule has 0 spiro atoms. The van der Waals surface area contributed by atoms with Crippen LogP contribution < -0.4 is 0 Å². The molecule has 0 saturated carbocycles. The van der Waals surface area contributed by atoms with Gasteiger partial charge in [-0.3, -0.25) is 0 Å². The molecule has 0 fully saturated rings. The van der Waals surface area contributed by atoms with Crippen LogP contribution in [0.5, 0.6) is 0 Å². The van der Waals surface area contributed by atoms with E-state index in [0.29, 0.717) is 0 Å².